The summed E-state index contributed by atoms with van der Waals surface area (Å²) < 4.78 is 2.30. The van der Waals surface area contributed by atoms with Crippen molar-refractivity contribution in [3.8, 4) is 0 Å². The third-order valence-corrected chi connectivity index (χ3v) is 5.85. The van der Waals surface area contributed by atoms with Crippen molar-refractivity contribution in [3.63, 3.8) is 0 Å². The molecule has 2 aromatic carbocycles. The van der Waals surface area contributed by atoms with Crippen molar-refractivity contribution in [3.05, 3.63) is 82.8 Å². The van der Waals surface area contributed by atoms with Crippen LogP contribution in [0.1, 0.15) is 41.4 Å². The van der Waals surface area contributed by atoms with Crippen molar-refractivity contribution in [2.24, 2.45) is 0 Å². The normalized spacial score (nSPS) is 12.9. The number of aryl methyl sites for hydroxylation is 4. The summed E-state index contributed by atoms with van der Waals surface area (Å²) in [5, 5.41) is 3.63. The Morgan fingerprint density at radius 1 is 1.00 bits per heavy atom. The molecule has 2 aromatic heterocycles. The minimum Gasteiger partial charge on any atom is -0.355 e. The van der Waals surface area contributed by atoms with E-state index in [1.165, 1.54) is 33.6 Å². The lowest BCUT2D eigenvalue weighted by Gasteiger charge is -2.13. The Bertz CT molecular complexity index is 1190. The van der Waals surface area contributed by atoms with Crippen LogP contribution in [-0.4, -0.2) is 14.5 Å². The minimum absolute atomic E-state index is 0.808. The van der Waals surface area contributed by atoms with E-state index in [-0.39, 0.29) is 0 Å². The van der Waals surface area contributed by atoms with Gasteiger partial charge in [-0.3, -0.25) is 0 Å². The molecule has 0 fully saturated rings. The molecule has 4 aromatic rings. The first kappa shape index (κ1) is 17.9. The molecule has 0 spiro atoms. The summed E-state index contributed by atoms with van der Waals surface area (Å²) in [6.45, 7) is 5.13. The quantitative estimate of drug-likeness (QED) is 0.501. The van der Waals surface area contributed by atoms with E-state index >= 15 is 0 Å². The maximum Gasteiger partial charge on any atom is 0.160 e. The molecule has 0 amide bonds. The average molecular weight is 383 g/mol. The molecule has 5 rings (SSSR count). The Kier molecular flexibility index (Phi) is 4.55. The Labute approximate surface area is 171 Å². The van der Waals surface area contributed by atoms with Crippen LogP contribution in [0.4, 0.5) is 11.4 Å². The molecule has 29 heavy (non-hydrogen) atoms. The molecule has 0 bridgehead atoms. The highest BCUT2D eigenvalue weighted by atomic mass is 15.1. The summed E-state index contributed by atoms with van der Waals surface area (Å²) in [6.07, 6.45) is 6.06. The predicted molar refractivity (Wildman–Crippen MR) is 119 cm³/mol. The van der Waals surface area contributed by atoms with Gasteiger partial charge in [0.2, 0.25) is 0 Å². The molecular weight excluding hydrogens is 356 g/mol. The number of hydrogen-bond acceptors (Lipinski definition) is 3. The van der Waals surface area contributed by atoms with Crippen molar-refractivity contribution in [2.75, 3.05) is 5.32 Å². The zero-order chi connectivity index (χ0) is 19.8. The molecule has 4 heteroatoms. The molecule has 0 saturated carbocycles. The second-order valence-electron chi connectivity index (χ2n) is 7.94. The number of aromatic nitrogens is 3. The summed E-state index contributed by atoms with van der Waals surface area (Å²) in [4.78, 5) is 9.57. The number of para-hydroxylation sites is 1. The lowest BCUT2D eigenvalue weighted by atomic mass is 10.0. The topological polar surface area (TPSA) is 42.7 Å². The van der Waals surface area contributed by atoms with Crippen LogP contribution in [0.5, 0.6) is 0 Å². The molecule has 1 aliphatic rings. The molecule has 0 aliphatic carbocycles. The van der Waals surface area contributed by atoms with Crippen LogP contribution in [0.3, 0.4) is 0 Å². The third kappa shape index (κ3) is 3.29. The van der Waals surface area contributed by atoms with Crippen molar-refractivity contribution >= 4 is 22.5 Å². The second-order valence-corrected chi connectivity index (χ2v) is 7.94. The number of imidazole rings is 1. The van der Waals surface area contributed by atoms with Crippen LogP contribution in [0.2, 0.25) is 0 Å². The van der Waals surface area contributed by atoms with Crippen molar-refractivity contribution in [1.29, 1.82) is 0 Å². The zero-order valence-corrected chi connectivity index (χ0v) is 17.1. The summed E-state index contributed by atoms with van der Waals surface area (Å²) in [5.41, 5.74) is 9.73. The molecule has 0 radical (unpaired) electrons. The molecule has 1 N–H and O–H groups in total. The van der Waals surface area contributed by atoms with Crippen LogP contribution >= 0.6 is 0 Å². The van der Waals surface area contributed by atoms with E-state index in [9.17, 15) is 0 Å². The molecule has 3 heterocycles. The van der Waals surface area contributed by atoms with Gasteiger partial charge in [0.25, 0.3) is 0 Å². The fourth-order valence-corrected chi connectivity index (χ4v) is 4.30. The molecule has 0 unspecified atom stereocenters. The van der Waals surface area contributed by atoms with E-state index in [4.69, 9.17) is 4.98 Å². The highest BCUT2D eigenvalue weighted by molar-refractivity contribution is 5.75. The van der Waals surface area contributed by atoms with Gasteiger partial charge in [0.1, 0.15) is 11.3 Å². The SMILES string of the molecule is CCCc1nc2c(C)ccnc2n1Cc1ccc2c(c1)CCc1ccccc1N2. The van der Waals surface area contributed by atoms with Gasteiger partial charge in [-0.25, -0.2) is 9.97 Å². The second kappa shape index (κ2) is 7.36. The minimum atomic E-state index is 0.808. The number of nitrogens with one attached hydrogen (secondary N) is 1. The smallest absolute Gasteiger partial charge is 0.160 e. The number of rotatable bonds is 4. The maximum atomic E-state index is 4.92. The van der Waals surface area contributed by atoms with E-state index in [1.807, 2.05) is 12.3 Å². The largest absolute Gasteiger partial charge is 0.355 e. The van der Waals surface area contributed by atoms with Gasteiger partial charge < -0.3 is 9.88 Å². The molecule has 4 nitrogen and oxygen atoms in total. The highest BCUT2D eigenvalue weighted by Gasteiger charge is 2.16. The molecule has 0 saturated heterocycles. The van der Waals surface area contributed by atoms with E-state index in [2.05, 4.69) is 71.2 Å². The maximum absolute atomic E-state index is 4.92. The van der Waals surface area contributed by atoms with Crippen LogP contribution in [0.15, 0.2) is 54.7 Å². The Morgan fingerprint density at radius 3 is 2.72 bits per heavy atom. The third-order valence-electron chi connectivity index (χ3n) is 5.85. The first-order chi connectivity index (χ1) is 14.2. The van der Waals surface area contributed by atoms with Crippen LogP contribution < -0.4 is 5.32 Å². The fourth-order valence-electron chi connectivity index (χ4n) is 4.30. The van der Waals surface area contributed by atoms with Crippen molar-refractivity contribution < 1.29 is 0 Å². The number of hydrogen-bond donors (Lipinski definition) is 1. The number of pyridine rings is 1. The lowest BCUT2D eigenvalue weighted by Crippen LogP contribution is -2.07. The van der Waals surface area contributed by atoms with Gasteiger partial charge in [0.05, 0.1) is 6.54 Å². The van der Waals surface area contributed by atoms with Gasteiger partial charge in [-0.2, -0.15) is 0 Å². The summed E-state index contributed by atoms with van der Waals surface area (Å²) in [5.74, 6) is 1.13. The molecule has 146 valence electrons. The number of nitrogens with zero attached hydrogens (tertiary/aromatic N) is 3. The Balaban J connectivity index is 1.51. The Hall–Kier alpha value is -3.14. The van der Waals surface area contributed by atoms with Gasteiger partial charge in [0, 0.05) is 24.0 Å². The average Bonchev–Trinajstić information content (AvgIpc) is 2.96. The molecule has 0 atom stereocenters. The Morgan fingerprint density at radius 2 is 1.83 bits per heavy atom. The summed E-state index contributed by atoms with van der Waals surface area (Å²) in [6, 6.07) is 17.5. The first-order valence-corrected chi connectivity index (χ1v) is 10.5. The van der Waals surface area contributed by atoms with Crippen LogP contribution in [0, 0.1) is 6.92 Å². The van der Waals surface area contributed by atoms with E-state index < -0.39 is 0 Å². The standard InChI is InChI=1S/C25H26N4/c1-3-6-23-28-24-17(2)13-14-26-25(24)29(23)16-18-9-12-22-20(15-18)11-10-19-7-4-5-8-21(19)27-22/h4-5,7-9,12-15,27H,3,6,10-11,16H2,1-2H3. The number of benzene rings is 2. The molecular formula is C25H26N4. The predicted octanol–water partition coefficient (Wildman–Crippen LogP) is 5.58. The monoisotopic (exact) mass is 382 g/mol. The van der Waals surface area contributed by atoms with Gasteiger partial charge in [-0.05, 0) is 66.6 Å². The van der Waals surface area contributed by atoms with Crippen LogP contribution in [-0.2, 0) is 25.8 Å². The van der Waals surface area contributed by atoms with Crippen molar-refractivity contribution in [1.82, 2.24) is 14.5 Å². The summed E-state index contributed by atoms with van der Waals surface area (Å²) in [7, 11) is 0. The highest BCUT2D eigenvalue weighted by Crippen LogP contribution is 2.31. The van der Waals surface area contributed by atoms with Gasteiger partial charge in [0.15, 0.2) is 5.65 Å². The van der Waals surface area contributed by atoms with E-state index in [1.54, 1.807) is 0 Å². The van der Waals surface area contributed by atoms with Gasteiger partial charge in [-0.1, -0.05) is 37.3 Å². The lowest BCUT2D eigenvalue weighted by molar-refractivity contribution is 0.716. The molecule has 1 aliphatic heterocycles. The summed E-state index contributed by atoms with van der Waals surface area (Å²) >= 11 is 0. The number of anilines is 2. The van der Waals surface area contributed by atoms with E-state index in [0.29, 0.717) is 0 Å². The number of fused-ring (bicyclic) bond motifs is 3. The zero-order valence-electron chi connectivity index (χ0n) is 17.1. The van der Waals surface area contributed by atoms with Crippen molar-refractivity contribution in [2.45, 2.75) is 46.1 Å². The first-order valence-electron chi connectivity index (χ1n) is 10.5. The van der Waals surface area contributed by atoms with E-state index in [0.717, 1.165) is 49.2 Å². The fraction of sp³-hybridized carbons (Fsp3) is 0.280. The van der Waals surface area contributed by atoms with Gasteiger partial charge >= 0.3 is 0 Å². The van der Waals surface area contributed by atoms with Gasteiger partial charge in [-0.15, -0.1) is 0 Å². The van der Waals surface area contributed by atoms with Crippen LogP contribution in [0.25, 0.3) is 11.2 Å².